The Bertz CT molecular complexity index is 686. The maximum Gasteiger partial charge on any atom is 0.335 e. The molecule has 0 aliphatic carbocycles. The molecule has 21 heavy (non-hydrogen) atoms. The lowest BCUT2D eigenvalue weighted by atomic mass is 10.1. The number of carboxylic acids is 1. The average molecular weight is 283 g/mol. The fourth-order valence-corrected chi connectivity index (χ4v) is 2.28. The molecule has 2 N–H and O–H groups in total. The van der Waals surface area contributed by atoms with E-state index in [0.717, 1.165) is 11.3 Å². The zero-order chi connectivity index (χ0) is 14.8. The van der Waals surface area contributed by atoms with E-state index < -0.39 is 12.1 Å². The second-order valence-corrected chi connectivity index (χ2v) is 4.79. The molecule has 2 aromatic carbocycles. The van der Waals surface area contributed by atoms with Crippen molar-refractivity contribution >= 4 is 17.6 Å². The monoisotopic (exact) mass is 283 g/mol. The Morgan fingerprint density at radius 2 is 1.95 bits per heavy atom. The van der Waals surface area contributed by atoms with Crippen LogP contribution in [0.15, 0.2) is 48.5 Å². The molecule has 5 heteroatoms. The van der Waals surface area contributed by atoms with E-state index in [1.807, 2.05) is 24.3 Å². The van der Waals surface area contributed by atoms with Crippen molar-refractivity contribution in [1.82, 2.24) is 0 Å². The van der Waals surface area contributed by atoms with E-state index in [2.05, 4.69) is 5.32 Å². The summed E-state index contributed by atoms with van der Waals surface area (Å²) in [5.41, 5.74) is 1.57. The highest BCUT2D eigenvalue weighted by atomic mass is 16.5. The predicted molar refractivity (Wildman–Crippen MR) is 76.6 cm³/mol. The summed E-state index contributed by atoms with van der Waals surface area (Å²) in [7, 11) is 0. The van der Waals surface area contributed by atoms with Crippen molar-refractivity contribution in [2.24, 2.45) is 0 Å². The summed E-state index contributed by atoms with van der Waals surface area (Å²) in [4.78, 5) is 23.1. The minimum atomic E-state index is -1.03. The maximum atomic E-state index is 12.2. The van der Waals surface area contributed by atoms with Gasteiger partial charge in [-0.1, -0.05) is 24.3 Å². The first-order chi connectivity index (χ1) is 10.1. The number of hydrogen-bond acceptors (Lipinski definition) is 3. The zero-order valence-electron chi connectivity index (χ0n) is 11.1. The van der Waals surface area contributed by atoms with E-state index >= 15 is 0 Å². The van der Waals surface area contributed by atoms with Gasteiger partial charge >= 0.3 is 5.97 Å². The number of fused-ring (bicyclic) bond motifs is 1. The molecule has 5 nitrogen and oxygen atoms in total. The molecule has 0 fully saturated rings. The third-order valence-electron chi connectivity index (χ3n) is 3.32. The van der Waals surface area contributed by atoms with Crippen LogP contribution >= 0.6 is 0 Å². The minimum Gasteiger partial charge on any atom is -0.480 e. The summed E-state index contributed by atoms with van der Waals surface area (Å²) >= 11 is 0. The van der Waals surface area contributed by atoms with Crippen LogP contribution in [0.4, 0.5) is 5.69 Å². The number of hydrogen-bond donors (Lipinski definition) is 2. The van der Waals surface area contributed by atoms with Crippen molar-refractivity contribution in [2.45, 2.75) is 12.5 Å². The second-order valence-electron chi connectivity index (χ2n) is 4.79. The Morgan fingerprint density at radius 3 is 2.71 bits per heavy atom. The van der Waals surface area contributed by atoms with Crippen LogP contribution in [0.5, 0.6) is 5.75 Å². The lowest BCUT2D eigenvalue weighted by Gasteiger charge is -2.11. The minimum absolute atomic E-state index is 0.128. The first-order valence-electron chi connectivity index (χ1n) is 6.52. The third kappa shape index (κ3) is 2.72. The van der Waals surface area contributed by atoms with Crippen molar-refractivity contribution in [3.05, 3.63) is 59.7 Å². The molecule has 0 spiro atoms. The fraction of sp³-hybridized carbons (Fsp3) is 0.125. The number of ether oxygens (including phenoxy) is 1. The molecule has 0 radical (unpaired) electrons. The standard InChI is InChI=1S/C16H13NO4/c18-15(14-9-10-4-1-2-7-13(10)21-14)17-12-6-3-5-11(8-12)16(19)20/h1-8,14H,9H2,(H,17,18)(H,19,20)/t14-/m1/s1. The maximum absolute atomic E-state index is 12.2. The van der Waals surface area contributed by atoms with Gasteiger partial charge in [0.25, 0.3) is 5.91 Å². The van der Waals surface area contributed by atoms with Gasteiger partial charge in [-0.25, -0.2) is 4.79 Å². The number of aromatic carboxylic acids is 1. The molecule has 0 unspecified atom stereocenters. The lowest BCUT2D eigenvalue weighted by Crippen LogP contribution is -2.31. The molecule has 2 aromatic rings. The number of para-hydroxylation sites is 1. The van der Waals surface area contributed by atoms with Crippen molar-refractivity contribution in [2.75, 3.05) is 5.32 Å². The van der Waals surface area contributed by atoms with E-state index in [-0.39, 0.29) is 11.5 Å². The van der Waals surface area contributed by atoms with E-state index in [9.17, 15) is 9.59 Å². The van der Waals surface area contributed by atoms with Crippen molar-refractivity contribution < 1.29 is 19.4 Å². The fourth-order valence-electron chi connectivity index (χ4n) is 2.28. The zero-order valence-corrected chi connectivity index (χ0v) is 11.1. The summed E-state index contributed by atoms with van der Waals surface area (Å²) < 4.78 is 5.59. The lowest BCUT2D eigenvalue weighted by molar-refractivity contribution is -0.122. The Kier molecular flexibility index (Phi) is 3.31. The molecule has 1 atom stereocenters. The molecule has 1 aliphatic rings. The quantitative estimate of drug-likeness (QED) is 0.906. The third-order valence-corrected chi connectivity index (χ3v) is 3.32. The molecule has 0 saturated heterocycles. The van der Waals surface area contributed by atoms with Gasteiger partial charge in [-0.3, -0.25) is 4.79 Å². The van der Waals surface area contributed by atoms with Crippen LogP contribution in [-0.2, 0) is 11.2 Å². The molecule has 1 heterocycles. The molecular formula is C16H13NO4. The van der Waals surface area contributed by atoms with E-state index in [1.54, 1.807) is 12.1 Å². The number of carbonyl (C=O) groups is 2. The van der Waals surface area contributed by atoms with Gasteiger partial charge in [0.05, 0.1) is 5.56 Å². The highest BCUT2D eigenvalue weighted by molar-refractivity contribution is 5.96. The van der Waals surface area contributed by atoms with Crippen LogP contribution in [0.25, 0.3) is 0 Å². The van der Waals surface area contributed by atoms with Crippen LogP contribution in [0.3, 0.4) is 0 Å². The first kappa shape index (κ1) is 13.2. The van der Waals surface area contributed by atoms with Gasteiger partial charge in [0.1, 0.15) is 5.75 Å². The predicted octanol–water partition coefficient (Wildman–Crippen LogP) is 2.33. The van der Waals surface area contributed by atoms with Gasteiger partial charge in [0, 0.05) is 12.1 Å². The molecule has 1 aliphatic heterocycles. The second kappa shape index (κ2) is 5.28. The number of amides is 1. The molecule has 0 saturated carbocycles. The summed E-state index contributed by atoms with van der Waals surface area (Å²) in [5.74, 6) is -0.596. The Morgan fingerprint density at radius 1 is 1.14 bits per heavy atom. The van der Waals surface area contributed by atoms with Gasteiger partial charge in [0.15, 0.2) is 6.10 Å². The highest BCUT2D eigenvalue weighted by Crippen LogP contribution is 2.28. The Labute approximate surface area is 121 Å². The van der Waals surface area contributed by atoms with Crippen LogP contribution in [0.2, 0.25) is 0 Å². The van der Waals surface area contributed by atoms with Gasteiger partial charge < -0.3 is 15.2 Å². The first-order valence-corrected chi connectivity index (χ1v) is 6.52. The van der Waals surface area contributed by atoms with Crippen molar-refractivity contribution in [1.29, 1.82) is 0 Å². The largest absolute Gasteiger partial charge is 0.480 e. The number of carboxylic acid groups (broad SMARTS) is 1. The molecule has 0 bridgehead atoms. The Hall–Kier alpha value is -2.82. The summed E-state index contributed by atoms with van der Waals surface area (Å²) in [6, 6.07) is 13.6. The van der Waals surface area contributed by atoms with Crippen LogP contribution in [0, 0.1) is 0 Å². The van der Waals surface area contributed by atoms with Crippen molar-refractivity contribution in [3.63, 3.8) is 0 Å². The number of nitrogens with one attached hydrogen (secondary N) is 1. The van der Waals surface area contributed by atoms with Crippen LogP contribution in [-0.4, -0.2) is 23.1 Å². The smallest absolute Gasteiger partial charge is 0.335 e. The highest BCUT2D eigenvalue weighted by Gasteiger charge is 2.28. The van der Waals surface area contributed by atoms with E-state index in [4.69, 9.17) is 9.84 Å². The van der Waals surface area contributed by atoms with Gasteiger partial charge in [-0.05, 0) is 29.8 Å². The average Bonchev–Trinajstić information content (AvgIpc) is 2.91. The number of benzene rings is 2. The summed E-state index contributed by atoms with van der Waals surface area (Å²) in [6.07, 6.45) is -0.0726. The number of anilines is 1. The van der Waals surface area contributed by atoms with E-state index in [1.165, 1.54) is 12.1 Å². The number of rotatable bonds is 3. The molecule has 3 rings (SSSR count). The number of carbonyl (C=O) groups excluding carboxylic acids is 1. The Balaban J connectivity index is 1.71. The molecule has 106 valence electrons. The topological polar surface area (TPSA) is 75.6 Å². The van der Waals surface area contributed by atoms with E-state index in [0.29, 0.717) is 12.1 Å². The summed E-state index contributed by atoms with van der Waals surface area (Å²) in [6.45, 7) is 0. The molecular weight excluding hydrogens is 270 g/mol. The van der Waals surface area contributed by atoms with Crippen molar-refractivity contribution in [3.8, 4) is 5.75 Å². The van der Waals surface area contributed by atoms with Gasteiger partial charge in [-0.15, -0.1) is 0 Å². The molecule has 0 aromatic heterocycles. The van der Waals surface area contributed by atoms with Gasteiger partial charge in [-0.2, -0.15) is 0 Å². The summed E-state index contributed by atoms with van der Waals surface area (Å²) in [5, 5.41) is 11.6. The van der Waals surface area contributed by atoms with Gasteiger partial charge in [0.2, 0.25) is 0 Å². The van der Waals surface area contributed by atoms with Crippen LogP contribution < -0.4 is 10.1 Å². The normalized spacial score (nSPS) is 15.9. The molecule has 1 amide bonds. The SMILES string of the molecule is O=C(O)c1cccc(NC(=O)[C@H]2Cc3ccccc3O2)c1. The van der Waals surface area contributed by atoms with Crippen LogP contribution in [0.1, 0.15) is 15.9 Å².